The molecule has 104 valence electrons. The summed E-state index contributed by atoms with van der Waals surface area (Å²) in [6.45, 7) is 3.39. The van der Waals surface area contributed by atoms with Crippen LogP contribution in [0.25, 0.3) is 23.1 Å². The summed E-state index contributed by atoms with van der Waals surface area (Å²) in [6, 6.07) is 3.73. The van der Waals surface area contributed by atoms with Crippen molar-refractivity contribution in [1.29, 1.82) is 0 Å². The van der Waals surface area contributed by atoms with Gasteiger partial charge in [-0.05, 0) is 38.1 Å². The van der Waals surface area contributed by atoms with Crippen molar-refractivity contribution < 1.29 is 19.0 Å². The van der Waals surface area contributed by atoms with E-state index in [2.05, 4.69) is 0 Å². The standard InChI is InChI=1S/C16H16O4/c1-16(2,17)14-9-10-8-13(18-3)11-4-6-19-7-5-12(11)15(10)20-14/h4-9,17H,1-3H3. The molecule has 1 aliphatic heterocycles. The van der Waals surface area contributed by atoms with Crippen LogP contribution < -0.4 is 4.74 Å². The van der Waals surface area contributed by atoms with Crippen molar-refractivity contribution in [2.75, 3.05) is 7.11 Å². The molecule has 2 heterocycles. The Balaban J connectivity index is 2.35. The van der Waals surface area contributed by atoms with Crippen molar-refractivity contribution >= 4 is 23.1 Å². The zero-order chi connectivity index (χ0) is 14.3. The SMILES string of the molecule is COc1cc2cc(C(C)(C)O)oc2c2c1C=COC=C2. The summed E-state index contributed by atoms with van der Waals surface area (Å²) in [5.41, 5.74) is 1.46. The first-order valence-electron chi connectivity index (χ1n) is 6.36. The Morgan fingerprint density at radius 3 is 2.45 bits per heavy atom. The minimum Gasteiger partial charge on any atom is -0.496 e. The van der Waals surface area contributed by atoms with Crippen LogP contribution in [0.2, 0.25) is 0 Å². The number of ether oxygens (including phenoxy) is 2. The molecular formula is C16H16O4. The molecule has 1 aliphatic rings. The highest BCUT2D eigenvalue weighted by molar-refractivity contribution is 5.93. The van der Waals surface area contributed by atoms with E-state index in [-0.39, 0.29) is 0 Å². The molecule has 0 radical (unpaired) electrons. The third kappa shape index (κ3) is 1.98. The van der Waals surface area contributed by atoms with Gasteiger partial charge in [0, 0.05) is 16.5 Å². The van der Waals surface area contributed by atoms with Gasteiger partial charge < -0.3 is 19.0 Å². The van der Waals surface area contributed by atoms with Crippen molar-refractivity contribution in [3.8, 4) is 5.75 Å². The first-order valence-corrected chi connectivity index (χ1v) is 6.36. The second-order valence-electron chi connectivity index (χ2n) is 5.24. The zero-order valence-corrected chi connectivity index (χ0v) is 11.6. The fourth-order valence-corrected chi connectivity index (χ4v) is 2.26. The van der Waals surface area contributed by atoms with Gasteiger partial charge in [-0.25, -0.2) is 0 Å². The number of furan rings is 1. The Labute approximate surface area is 116 Å². The molecule has 1 N–H and O–H groups in total. The van der Waals surface area contributed by atoms with Crippen molar-refractivity contribution in [1.82, 2.24) is 0 Å². The lowest BCUT2D eigenvalue weighted by Gasteiger charge is -2.12. The van der Waals surface area contributed by atoms with E-state index < -0.39 is 5.60 Å². The van der Waals surface area contributed by atoms with Crippen LogP contribution in [-0.4, -0.2) is 12.2 Å². The molecule has 1 aromatic carbocycles. The number of rotatable bonds is 2. The molecule has 0 spiro atoms. The van der Waals surface area contributed by atoms with Crippen LogP contribution in [0.5, 0.6) is 5.75 Å². The van der Waals surface area contributed by atoms with E-state index in [0.717, 1.165) is 22.3 Å². The van der Waals surface area contributed by atoms with Crippen LogP contribution in [-0.2, 0) is 10.3 Å². The van der Waals surface area contributed by atoms with Gasteiger partial charge in [0.25, 0.3) is 0 Å². The van der Waals surface area contributed by atoms with Crippen LogP contribution in [0.3, 0.4) is 0 Å². The number of methoxy groups -OCH3 is 1. The minimum absolute atomic E-state index is 0.519. The lowest BCUT2D eigenvalue weighted by molar-refractivity contribution is 0.0559. The molecule has 0 bridgehead atoms. The van der Waals surface area contributed by atoms with E-state index in [9.17, 15) is 5.11 Å². The topological polar surface area (TPSA) is 51.8 Å². The molecule has 0 fully saturated rings. The molecule has 4 heteroatoms. The van der Waals surface area contributed by atoms with Gasteiger partial charge in [-0.3, -0.25) is 0 Å². The van der Waals surface area contributed by atoms with Crippen molar-refractivity contribution in [3.05, 3.63) is 41.5 Å². The molecule has 0 aliphatic carbocycles. The second kappa shape index (κ2) is 4.42. The number of hydrogen-bond donors (Lipinski definition) is 1. The first-order chi connectivity index (χ1) is 9.50. The first kappa shape index (κ1) is 12.8. The molecule has 4 nitrogen and oxygen atoms in total. The highest BCUT2D eigenvalue weighted by Crippen LogP contribution is 2.37. The van der Waals surface area contributed by atoms with Crippen molar-refractivity contribution in [2.24, 2.45) is 0 Å². The Hall–Kier alpha value is -2.20. The summed E-state index contributed by atoms with van der Waals surface area (Å²) in [5, 5.41) is 11.0. The van der Waals surface area contributed by atoms with Gasteiger partial charge in [-0.2, -0.15) is 0 Å². The third-order valence-electron chi connectivity index (χ3n) is 3.30. The molecule has 3 rings (SSSR count). The van der Waals surface area contributed by atoms with Crippen LogP contribution >= 0.6 is 0 Å². The fraction of sp³-hybridized carbons (Fsp3) is 0.250. The maximum atomic E-state index is 10.1. The minimum atomic E-state index is -1.03. The van der Waals surface area contributed by atoms with E-state index in [1.807, 2.05) is 24.3 Å². The number of fused-ring (bicyclic) bond motifs is 3. The smallest absolute Gasteiger partial charge is 0.142 e. The normalized spacial score (nSPS) is 14.0. The predicted molar refractivity (Wildman–Crippen MR) is 77.2 cm³/mol. The molecular weight excluding hydrogens is 256 g/mol. The second-order valence-corrected chi connectivity index (χ2v) is 5.24. The molecule has 0 saturated heterocycles. The summed E-state index contributed by atoms with van der Waals surface area (Å²) in [6.07, 6.45) is 6.85. The molecule has 0 unspecified atom stereocenters. The van der Waals surface area contributed by atoms with Crippen LogP contribution in [0.15, 0.2) is 29.1 Å². The maximum Gasteiger partial charge on any atom is 0.142 e. The van der Waals surface area contributed by atoms with Gasteiger partial charge in [-0.15, -0.1) is 0 Å². The largest absolute Gasteiger partial charge is 0.496 e. The lowest BCUT2D eigenvalue weighted by Crippen LogP contribution is -2.13. The van der Waals surface area contributed by atoms with Gasteiger partial charge in [0.15, 0.2) is 0 Å². The van der Waals surface area contributed by atoms with Crippen LogP contribution in [0.4, 0.5) is 0 Å². The molecule has 1 aromatic heterocycles. The Bertz CT molecular complexity index is 714. The highest BCUT2D eigenvalue weighted by Gasteiger charge is 2.23. The fourth-order valence-electron chi connectivity index (χ4n) is 2.26. The summed E-state index contributed by atoms with van der Waals surface area (Å²) >= 11 is 0. The Kier molecular flexibility index (Phi) is 2.83. The maximum absolute atomic E-state index is 10.1. The van der Waals surface area contributed by atoms with E-state index in [4.69, 9.17) is 13.9 Å². The summed E-state index contributed by atoms with van der Waals surface area (Å²) in [5.74, 6) is 1.26. The summed E-state index contributed by atoms with van der Waals surface area (Å²) < 4.78 is 16.5. The number of hydrogen-bond acceptors (Lipinski definition) is 4. The molecule has 0 amide bonds. The van der Waals surface area contributed by atoms with E-state index in [1.165, 1.54) is 0 Å². The van der Waals surface area contributed by atoms with Crippen LogP contribution in [0, 0.1) is 0 Å². The highest BCUT2D eigenvalue weighted by atomic mass is 16.5. The average Bonchev–Trinajstić information content (AvgIpc) is 2.68. The monoisotopic (exact) mass is 272 g/mol. The van der Waals surface area contributed by atoms with Gasteiger partial charge >= 0.3 is 0 Å². The Morgan fingerprint density at radius 1 is 1.10 bits per heavy atom. The van der Waals surface area contributed by atoms with Gasteiger partial charge in [0.1, 0.15) is 22.7 Å². The average molecular weight is 272 g/mol. The van der Waals surface area contributed by atoms with E-state index in [0.29, 0.717) is 11.3 Å². The van der Waals surface area contributed by atoms with E-state index in [1.54, 1.807) is 33.5 Å². The molecule has 0 atom stereocenters. The van der Waals surface area contributed by atoms with Gasteiger partial charge in [0.05, 0.1) is 19.6 Å². The predicted octanol–water partition coefficient (Wildman–Crippen LogP) is 3.64. The van der Waals surface area contributed by atoms with Crippen molar-refractivity contribution in [2.45, 2.75) is 19.4 Å². The van der Waals surface area contributed by atoms with Gasteiger partial charge in [-0.1, -0.05) is 0 Å². The quantitative estimate of drug-likeness (QED) is 0.906. The number of benzene rings is 1. The number of aliphatic hydroxyl groups is 1. The summed E-state index contributed by atoms with van der Waals surface area (Å²) in [4.78, 5) is 0. The molecule has 2 aromatic rings. The lowest BCUT2D eigenvalue weighted by atomic mass is 10.0. The molecule has 0 saturated carbocycles. The summed E-state index contributed by atoms with van der Waals surface area (Å²) in [7, 11) is 1.63. The molecule has 20 heavy (non-hydrogen) atoms. The van der Waals surface area contributed by atoms with Crippen LogP contribution in [0.1, 0.15) is 30.7 Å². The van der Waals surface area contributed by atoms with Gasteiger partial charge in [0.2, 0.25) is 0 Å². The third-order valence-corrected chi connectivity index (χ3v) is 3.30. The zero-order valence-electron chi connectivity index (χ0n) is 11.6. The Morgan fingerprint density at radius 2 is 1.80 bits per heavy atom. The van der Waals surface area contributed by atoms with E-state index >= 15 is 0 Å². The van der Waals surface area contributed by atoms with Crippen molar-refractivity contribution in [3.63, 3.8) is 0 Å².